The van der Waals surface area contributed by atoms with Gasteiger partial charge in [0.05, 0.1) is 4.90 Å². The molecule has 1 atom stereocenters. The van der Waals surface area contributed by atoms with Gasteiger partial charge in [0.25, 0.3) is 0 Å². The minimum absolute atomic E-state index is 0.0917. The first-order chi connectivity index (χ1) is 14.5. The molecule has 0 spiro atoms. The first-order valence-corrected chi connectivity index (χ1v) is 11.8. The number of piperidine rings is 1. The lowest BCUT2D eigenvalue weighted by Crippen LogP contribution is -2.52. The quantitative estimate of drug-likeness (QED) is 0.513. The molecule has 31 heavy (non-hydrogen) atoms. The molecular weight excluding hydrogens is 422 g/mol. The number of amides is 2. The second-order valence-corrected chi connectivity index (χ2v) is 10.0. The summed E-state index contributed by atoms with van der Waals surface area (Å²) in [6, 6.07) is 5.52. The molecule has 1 heterocycles. The van der Waals surface area contributed by atoms with Crippen molar-refractivity contribution in [1.29, 1.82) is 0 Å². The Kier molecular flexibility index (Phi) is 8.58. The van der Waals surface area contributed by atoms with Gasteiger partial charge in [-0.3, -0.25) is 14.4 Å². The summed E-state index contributed by atoms with van der Waals surface area (Å²) in [5.41, 5.74) is 0.934. The molecule has 3 N–H and O–H groups in total. The van der Waals surface area contributed by atoms with Gasteiger partial charge >= 0.3 is 5.97 Å². The number of sulfonamides is 1. The molecule has 0 bridgehead atoms. The van der Waals surface area contributed by atoms with E-state index in [1.165, 1.54) is 12.1 Å². The number of benzene rings is 1. The van der Waals surface area contributed by atoms with E-state index in [0.29, 0.717) is 32.4 Å². The van der Waals surface area contributed by atoms with E-state index in [1.807, 2.05) is 20.8 Å². The molecule has 1 aliphatic rings. The van der Waals surface area contributed by atoms with Crippen LogP contribution in [0.2, 0.25) is 0 Å². The third kappa shape index (κ3) is 7.32. The number of carboxylic acids is 1. The molecule has 0 radical (unpaired) electrons. The van der Waals surface area contributed by atoms with Crippen LogP contribution in [0.15, 0.2) is 29.2 Å². The number of hydrogen-bond donors (Lipinski definition) is 3. The van der Waals surface area contributed by atoms with E-state index >= 15 is 0 Å². The molecule has 10 heteroatoms. The highest BCUT2D eigenvalue weighted by atomic mass is 32.2. The summed E-state index contributed by atoms with van der Waals surface area (Å²) < 4.78 is 28.2. The third-order valence-corrected chi connectivity index (χ3v) is 6.71. The van der Waals surface area contributed by atoms with Crippen molar-refractivity contribution in [2.24, 2.45) is 11.8 Å². The van der Waals surface area contributed by atoms with Crippen LogP contribution in [-0.2, 0) is 24.4 Å². The second-order valence-electron chi connectivity index (χ2n) is 8.33. The number of likely N-dealkylation sites (tertiary alicyclic amines) is 1. The largest absolute Gasteiger partial charge is 0.480 e. The number of carboxylic acid groups (broad SMARTS) is 1. The van der Waals surface area contributed by atoms with E-state index in [1.54, 1.807) is 17.0 Å². The molecule has 172 valence electrons. The maximum atomic E-state index is 13.1. The van der Waals surface area contributed by atoms with Crippen LogP contribution in [0.1, 0.15) is 38.7 Å². The Balaban J connectivity index is 2.04. The number of nitrogens with one attached hydrogen (secondary N) is 2. The van der Waals surface area contributed by atoms with Crippen molar-refractivity contribution in [3.05, 3.63) is 29.8 Å². The summed E-state index contributed by atoms with van der Waals surface area (Å²) >= 11 is 0. The van der Waals surface area contributed by atoms with Gasteiger partial charge in [0.15, 0.2) is 0 Å². The molecule has 9 nitrogen and oxygen atoms in total. The van der Waals surface area contributed by atoms with Crippen molar-refractivity contribution in [3.63, 3.8) is 0 Å². The van der Waals surface area contributed by atoms with E-state index in [2.05, 4.69) is 10.0 Å². The normalized spacial score (nSPS) is 16.2. The average molecular weight is 454 g/mol. The number of hydrogen-bond acceptors (Lipinski definition) is 5. The molecule has 1 saturated heterocycles. The third-order valence-electron chi connectivity index (χ3n) is 5.23. The molecule has 0 aromatic heterocycles. The topological polar surface area (TPSA) is 133 Å². The fourth-order valence-corrected chi connectivity index (χ4v) is 4.74. The molecule has 1 fully saturated rings. The summed E-state index contributed by atoms with van der Waals surface area (Å²) in [5, 5.41) is 11.0. The number of aliphatic carboxylic acids is 1. The van der Waals surface area contributed by atoms with E-state index in [0.717, 1.165) is 5.56 Å². The predicted molar refractivity (Wildman–Crippen MR) is 115 cm³/mol. The number of aryl methyl sites for hydroxylation is 1. The van der Waals surface area contributed by atoms with Crippen LogP contribution in [0.5, 0.6) is 0 Å². The van der Waals surface area contributed by atoms with Crippen LogP contribution in [-0.4, -0.2) is 61.9 Å². The number of rotatable bonds is 9. The SMILES string of the molecule is Cc1ccc(S(=O)(=O)N[C@@H](CC(C)C)C(=O)N2CCC(C(=O)NCC(=O)O)CC2)cc1. The molecule has 0 saturated carbocycles. The van der Waals surface area contributed by atoms with Crippen molar-refractivity contribution in [1.82, 2.24) is 14.9 Å². The smallest absolute Gasteiger partial charge is 0.322 e. The fraction of sp³-hybridized carbons (Fsp3) is 0.571. The van der Waals surface area contributed by atoms with Gasteiger partial charge < -0.3 is 15.3 Å². The Morgan fingerprint density at radius 3 is 2.23 bits per heavy atom. The van der Waals surface area contributed by atoms with E-state index in [4.69, 9.17) is 5.11 Å². The first-order valence-electron chi connectivity index (χ1n) is 10.4. The van der Waals surface area contributed by atoms with Gasteiger partial charge in [-0.2, -0.15) is 4.72 Å². The predicted octanol–water partition coefficient (Wildman–Crippen LogP) is 1.13. The summed E-state index contributed by atoms with van der Waals surface area (Å²) in [5.74, 6) is -2.04. The Morgan fingerprint density at radius 1 is 1.13 bits per heavy atom. The molecule has 2 amide bonds. The minimum Gasteiger partial charge on any atom is -0.480 e. The monoisotopic (exact) mass is 453 g/mol. The maximum Gasteiger partial charge on any atom is 0.322 e. The molecule has 1 aliphatic heterocycles. The number of carbonyl (C=O) groups excluding carboxylic acids is 2. The summed E-state index contributed by atoms with van der Waals surface area (Å²) in [6.07, 6.45) is 1.15. The van der Waals surface area contributed by atoms with Crippen molar-refractivity contribution in [3.8, 4) is 0 Å². The number of nitrogens with zero attached hydrogens (tertiary/aromatic N) is 1. The molecular formula is C21H31N3O6S. The van der Waals surface area contributed by atoms with Crippen molar-refractivity contribution >= 4 is 27.8 Å². The highest BCUT2D eigenvalue weighted by molar-refractivity contribution is 7.89. The van der Waals surface area contributed by atoms with Crippen molar-refractivity contribution in [2.45, 2.75) is 51.0 Å². The van der Waals surface area contributed by atoms with Crippen LogP contribution < -0.4 is 10.0 Å². The van der Waals surface area contributed by atoms with Crippen LogP contribution in [0.4, 0.5) is 0 Å². The van der Waals surface area contributed by atoms with Gasteiger partial charge in [-0.1, -0.05) is 31.5 Å². The van der Waals surface area contributed by atoms with Crippen LogP contribution in [0.25, 0.3) is 0 Å². The molecule has 1 aromatic carbocycles. The van der Waals surface area contributed by atoms with Gasteiger partial charge in [-0.25, -0.2) is 8.42 Å². The lowest BCUT2D eigenvalue weighted by Gasteiger charge is -2.34. The average Bonchev–Trinajstić information content (AvgIpc) is 2.71. The highest BCUT2D eigenvalue weighted by Crippen LogP contribution is 2.20. The molecule has 0 aliphatic carbocycles. The molecule has 2 rings (SSSR count). The number of carbonyl (C=O) groups is 3. The van der Waals surface area contributed by atoms with Crippen LogP contribution in [0, 0.1) is 18.8 Å². The summed E-state index contributed by atoms with van der Waals surface area (Å²) in [4.78, 5) is 37.4. The Bertz CT molecular complexity index is 890. The highest BCUT2D eigenvalue weighted by Gasteiger charge is 2.33. The lowest BCUT2D eigenvalue weighted by atomic mass is 9.94. The lowest BCUT2D eigenvalue weighted by molar-refractivity contribution is -0.139. The summed E-state index contributed by atoms with van der Waals surface area (Å²) in [7, 11) is -3.86. The van der Waals surface area contributed by atoms with Gasteiger partial charge in [0, 0.05) is 19.0 Å². The van der Waals surface area contributed by atoms with Crippen LogP contribution >= 0.6 is 0 Å². The Morgan fingerprint density at radius 2 is 1.71 bits per heavy atom. The second kappa shape index (κ2) is 10.7. The first kappa shape index (κ1) is 24.8. The standard InChI is InChI=1S/C21H31N3O6S/c1-14(2)12-18(23-31(29,30)17-6-4-15(3)5-7-17)21(28)24-10-8-16(9-11-24)20(27)22-13-19(25)26/h4-7,14,16,18,23H,8-13H2,1-3H3,(H,22,27)(H,25,26)/t18-/m0/s1. The van der Waals surface area contributed by atoms with Crippen molar-refractivity contribution in [2.75, 3.05) is 19.6 Å². The minimum atomic E-state index is -3.86. The van der Waals surface area contributed by atoms with Gasteiger partial charge in [-0.15, -0.1) is 0 Å². The maximum absolute atomic E-state index is 13.1. The van der Waals surface area contributed by atoms with E-state index < -0.39 is 28.6 Å². The van der Waals surface area contributed by atoms with Gasteiger partial charge in [-0.05, 0) is 44.2 Å². The van der Waals surface area contributed by atoms with E-state index in [-0.39, 0.29) is 28.5 Å². The Hall–Kier alpha value is -2.46. The van der Waals surface area contributed by atoms with E-state index in [9.17, 15) is 22.8 Å². The molecule has 0 unspecified atom stereocenters. The Labute approximate surface area is 183 Å². The summed E-state index contributed by atoms with van der Waals surface area (Å²) in [6.45, 7) is 5.88. The van der Waals surface area contributed by atoms with Crippen molar-refractivity contribution < 1.29 is 27.9 Å². The zero-order chi connectivity index (χ0) is 23.2. The van der Waals surface area contributed by atoms with Gasteiger partial charge in [0.1, 0.15) is 12.6 Å². The fourth-order valence-electron chi connectivity index (χ4n) is 3.53. The zero-order valence-electron chi connectivity index (χ0n) is 18.1. The van der Waals surface area contributed by atoms with Gasteiger partial charge in [0.2, 0.25) is 21.8 Å². The molecule has 1 aromatic rings. The zero-order valence-corrected chi connectivity index (χ0v) is 18.9. The van der Waals surface area contributed by atoms with Crippen LogP contribution in [0.3, 0.4) is 0 Å².